The summed E-state index contributed by atoms with van der Waals surface area (Å²) >= 11 is 4.66. The topological polar surface area (TPSA) is 75.4 Å². The van der Waals surface area contributed by atoms with Crippen molar-refractivity contribution in [1.29, 1.82) is 0 Å². The highest BCUT2D eigenvalue weighted by atomic mass is 32.1. The number of carbonyl (C=O) groups excluding carboxylic acids is 2. The van der Waals surface area contributed by atoms with Crippen molar-refractivity contribution >= 4 is 29.0 Å². The molecule has 1 heterocycles. The van der Waals surface area contributed by atoms with Crippen molar-refractivity contribution in [2.45, 2.75) is 12.8 Å². The van der Waals surface area contributed by atoms with Gasteiger partial charge in [-0.15, -0.1) is 0 Å². The van der Waals surface area contributed by atoms with Crippen LogP contribution in [-0.2, 0) is 22.4 Å². The zero-order valence-electron chi connectivity index (χ0n) is 11.1. The molecule has 0 bridgehead atoms. The highest BCUT2D eigenvalue weighted by Crippen LogP contribution is 2.15. The molecule has 0 fully saturated rings. The Hall–Kier alpha value is -1.95. The second-order valence-electron chi connectivity index (χ2n) is 4.71. The number of carbonyl (C=O) groups is 2. The molecular weight excluding hydrogens is 274 g/mol. The lowest BCUT2D eigenvalue weighted by molar-refractivity contribution is -0.145. The van der Waals surface area contributed by atoms with Gasteiger partial charge >= 0.3 is 11.8 Å². The standard InChI is InChI=1S/C14H17N3O2S/c15-12(20)9-16-13(18)14(19)17-7-5-10-3-1-2-4-11(10)6-8-17/h1-4H,5-9H2,(H2,15,20)(H,16,18). The third-order valence-corrected chi connectivity index (χ3v) is 3.47. The molecular formula is C14H17N3O2S. The molecule has 0 saturated carbocycles. The normalized spacial score (nSPS) is 14.1. The van der Waals surface area contributed by atoms with E-state index in [-0.39, 0.29) is 11.5 Å². The Balaban J connectivity index is 1.96. The number of amides is 2. The molecule has 0 unspecified atom stereocenters. The van der Waals surface area contributed by atoms with Crippen molar-refractivity contribution in [3.63, 3.8) is 0 Å². The maximum Gasteiger partial charge on any atom is 0.311 e. The second-order valence-corrected chi connectivity index (χ2v) is 5.23. The van der Waals surface area contributed by atoms with Crippen LogP contribution in [0.15, 0.2) is 24.3 Å². The second kappa shape index (κ2) is 6.47. The summed E-state index contributed by atoms with van der Waals surface area (Å²) in [5, 5.41) is 2.42. The van der Waals surface area contributed by atoms with Gasteiger partial charge in [-0.05, 0) is 24.0 Å². The van der Waals surface area contributed by atoms with E-state index in [9.17, 15) is 9.59 Å². The van der Waals surface area contributed by atoms with E-state index in [2.05, 4.69) is 29.7 Å². The van der Waals surface area contributed by atoms with Gasteiger partial charge in [-0.3, -0.25) is 9.59 Å². The Morgan fingerprint density at radius 3 is 2.25 bits per heavy atom. The van der Waals surface area contributed by atoms with Crippen molar-refractivity contribution in [3.05, 3.63) is 35.4 Å². The van der Waals surface area contributed by atoms with Gasteiger partial charge in [0.05, 0.1) is 11.5 Å². The first-order valence-electron chi connectivity index (χ1n) is 6.50. The van der Waals surface area contributed by atoms with E-state index >= 15 is 0 Å². The minimum atomic E-state index is -0.649. The molecule has 1 aliphatic heterocycles. The molecule has 6 heteroatoms. The molecule has 0 atom stereocenters. The van der Waals surface area contributed by atoms with Gasteiger partial charge in [-0.1, -0.05) is 36.5 Å². The molecule has 0 aromatic heterocycles. The molecule has 2 rings (SSSR count). The van der Waals surface area contributed by atoms with Crippen molar-refractivity contribution < 1.29 is 9.59 Å². The molecule has 1 aromatic rings. The summed E-state index contributed by atoms with van der Waals surface area (Å²) in [5.41, 5.74) is 7.78. The maximum atomic E-state index is 12.0. The fraction of sp³-hybridized carbons (Fsp3) is 0.357. The Morgan fingerprint density at radius 1 is 1.20 bits per heavy atom. The number of hydrogen-bond acceptors (Lipinski definition) is 3. The van der Waals surface area contributed by atoms with E-state index in [0.717, 1.165) is 12.8 Å². The average Bonchev–Trinajstić information content (AvgIpc) is 2.66. The number of hydrogen-bond donors (Lipinski definition) is 2. The van der Waals surface area contributed by atoms with Crippen LogP contribution in [0, 0.1) is 0 Å². The van der Waals surface area contributed by atoms with Crippen LogP contribution in [0.5, 0.6) is 0 Å². The highest BCUT2D eigenvalue weighted by Gasteiger charge is 2.23. The number of benzene rings is 1. The zero-order valence-corrected chi connectivity index (χ0v) is 11.9. The highest BCUT2D eigenvalue weighted by molar-refractivity contribution is 7.80. The van der Waals surface area contributed by atoms with Crippen LogP contribution in [0.4, 0.5) is 0 Å². The van der Waals surface area contributed by atoms with E-state index in [1.165, 1.54) is 11.1 Å². The smallest absolute Gasteiger partial charge is 0.311 e. The third-order valence-electron chi connectivity index (χ3n) is 3.33. The fourth-order valence-electron chi connectivity index (χ4n) is 2.26. The Bertz CT molecular complexity index is 518. The van der Waals surface area contributed by atoms with Crippen molar-refractivity contribution in [3.8, 4) is 0 Å². The summed E-state index contributed by atoms with van der Waals surface area (Å²) in [7, 11) is 0. The monoisotopic (exact) mass is 291 g/mol. The van der Waals surface area contributed by atoms with E-state index < -0.39 is 11.8 Å². The number of nitrogens with one attached hydrogen (secondary N) is 1. The van der Waals surface area contributed by atoms with E-state index in [0.29, 0.717) is 13.1 Å². The van der Waals surface area contributed by atoms with Crippen molar-refractivity contribution in [2.24, 2.45) is 5.73 Å². The first kappa shape index (κ1) is 14.5. The van der Waals surface area contributed by atoms with Crippen LogP contribution >= 0.6 is 12.2 Å². The lowest BCUT2D eigenvalue weighted by Gasteiger charge is -2.19. The number of rotatable bonds is 2. The van der Waals surface area contributed by atoms with Crippen LogP contribution in [0.3, 0.4) is 0 Å². The van der Waals surface area contributed by atoms with Gasteiger partial charge in [0.1, 0.15) is 0 Å². The summed E-state index contributed by atoms with van der Waals surface area (Å²) in [6.45, 7) is 1.15. The predicted octanol–water partition coefficient (Wildman–Crippen LogP) is 0.0161. The molecule has 2 amide bonds. The Labute approximate surface area is 123 Å². The Kier molecular flexibility index (Phi) is 4.68. The molecule has 0 aliphatic carbocycles. The summed E-state index contributed by atoms with van der Waals surface area (Å²) in [4.78, 5) is 25.5. The van der Waals surface area contributed by atoms with Gasteiger partial charge in [0.15, 0.2) is 0 Å². The number of nitrogens with zero attached hydrogens (tertiary/aromatic N) is 1. The van der Waals surface area contributed by atoms with Crippen LogP contribution < -0.4 is 11.1 Å². The first-order chi connectivity index (χ1) is 9.58. The molecule has 5 nitrogen and oxygen atoms in total. The molecule has 0 radical (unpaired) electrons. The van der Waals surface area contributed by atoms with E-state index in [4.69, 9.17) is 5.73 Å². The van der Waals surface area contributed by atoms with E-state index in [1.54, 1.807) is 4.90 Å². The number of thiocarbonyl (C=S) groups is 1. The van der Waals surface area contributed by atoms with Gasteiger partial charge in [0.25, 0.3) is 0 Å². The average molecular weight is 291 g/mol. The van der Waals surface area contributed by atoms with Crippen LogP contribution in [-0.4, -0.2) is 41.3 Å². The molecule has 0 spiro atoms. The summed E-state index contributed by atoms with van der Waals surface area (Å²) in [6.07, 6.45) is 1.54. The third kappa shape index (κ3) is 3.54. The summed E-state index contributed by atoms with van der Waals surface area (Å²) in [6, 6.07) is 8.11. The van der Waals surface area contributed by atoms with Crippen LogP contribution in [0.2, 0.25) is 0 Å². The largest absolute Gasteiger partial charge is 0.392 e. The van der Waals surface area contributed by atoms with Gasteiger partial charge in [0.2, 0.25) is 0 Å². The minimum Gasteiger partial charge on any atom is -0.392 e. The molecule has 1 aromatic carbocycles. The van der Waals surface area contributed by atoms with Gasteiger partial charge in [-0.25, -0.2) is 0 Å². The van der Waals surface area contributed by atoms with Crippen LogP contribution in [0.25, 0.3) is 0 Å². The first-order valence-corrected chi connectivity index (χ1v) is 6.91. The molecule has 1 aliphatic rings. The lowest BCUT2D eigenvalue weighted by atomic mass is 10.0. The molecule has 3 N–H and O–H groups in total. The van der Waals surface area contributed by atoms with Gasteiger partial charge in [-0.2, -0.15) is 0 Å². The molecule has 106 valence electrons. The molecule has 0 saturated heterocycles. The Morgan fingerprint density at radius 2 is 1.75 bits per heavy atom. The zero-order chi connectivity index (χ0) is 14.5. The SMILES string of the molecule is NC(=S)CNC(=O)C(=O)N1CCc2ccccc2CC1. The van der Waals surface area contributed by atoms with Crippen molar-refractivity contribution in [2.75, 3.05) is 19.6 Å². The lowest BCUT2D eigenvalue weighted by Crippen LogP contribution is -2.45. The maximum absolute atomic E-state index is 12.0. The predicted molar refractivity (Wildman–Crippen MR) is 80.2 cm³/mol. The van der Waals surface area contributed by atoms with Gasteiger partial charge in [0, 0.05) is 13.1 Å². The van der Waals surface area contributed by atoms with Crippen molar-refractivity contribution in [1.82, 2.24) is 10.2 Å². The number of fused-ring (bicyclic) bond motifs is 1. The van der Waals surface area contributed by atoms with Crippen LogP contribution in [0.1, 0.15) is 11.1 Å². The molecule has 20 heavy (non-hydrogen) atoms. The summed E-state index contributed by atoms with van der Waals surface area (Å²) < 4.78 is 0. The number of nitrogens with two attached hydrogens (primary N) is 1. The fourth-order valence-corrected chi connectivity index (χ4v) is 2.33. The quantitative estimate of drug-likeness (QED) is 0.595. The van der Waals surface area contributed by atoms with E-state index in [1.807, 2.05) is 12.1 Å². The summed E-state index contributed by atoms with van der Waals surface area (Å²) in [5.74, 6) is -1.17. The minimum absolute atomic E-state index is 0.0496. The van der Waals surface area contributed by atoms with Gasteiger partial charge < -0.3 is 16.0 Å².